The van der Waals surface area contributed by atoms with E-state index in [1.165, 1.54) is 5.56 Å². The van der Waals surface area contributed by atoms with Crippen molar-refractivity contribution in [2.75, 3.05) is 26.2 Å². The van der Waals surface area contributed by atoms with Crippen LogP contribution < -0.4 is 15.4 Å². The molecular formula is C18H27N3O. The molecule has 0 aromatic heterocycles. The standard InChI is InChI=1S/C18H27N3O/c1-5-13-22-17-9-7-16(8-10-17)11-12-20-18(19-6-2)21-14-15(3)4/h1,7-10,15H,6,11-14H2,2-4H3,(H2,19,20,21). The number of guanidine groups is 1. The van der Waals surface area contributed by atoms with E-state index in [1.807, 2.05) is 12.1 Å². The lowest BCUT2D eigenvalue weighted by molar-refractivity contribution is 0.370. The fourth-order valence-corrected chi connectivity index (χ4v) is 1.82. The lowest BCUT2D eigenvalue weighted by Gasteiger charge is -2.12. The van der Waals surface area contributed by atoms with Gasteiger partial charge in [0.15, 0.2) is 5.96 Å². The van der Waals surface area contributed by atoms with Crippen LogP contribution in [0, 0.1) is 18.3 Å². The second kappa shape index (κ2) is 10.6. The molecule has 0 aliphatic carbocycles. The normalized spacial score (nSPS) is 11.1. The number of hydrogen-bond donors (Lipinski definition) is 2. The van der Waals surface area contributed by atoms with E-state index >= 15 is 0 Å². The van der Waals surface area contributed by atoms with E-state index in [0.29, 0.717) is 12.5 Å². The van der Waals surface area contributed by atoms with Crippen LogP contribution in [0.1, 0.15) is 26.3 Å². The Morgan fingerprint density at radius 2 is 2.00 bits per heavy atom. The van der Waals surface area contributed by atoms with Gasteiger partial charge in [0.1, 0.15) is 12.4 Å². The molecule has 4 nitrogen and oxygen atoms in total. The molecule has 1 rings (SSSR count). The van der Waals surface area contributed by atoms with Crippen LogP contribution in [0.2, 0.25) is 0 Å². The third-order valence-electron chi connectivity index (χ3n) is 2.91. The number of aliphatic imine (C=N–C) groups is 1. The van der Waals surface area contributed by atoms with Crippen molar-refractivity contribution in [1.82, 2.24) is 10.6 Å². The molecule has 0 aliphatic rings. The first-order valence-electron chi connectivity index (χ1n) is 7.83. The average molecular weight is 301 g/mol. The summed E-state index contributed by atoms with van der Waals surface area (Å²) in [5.41, 5.74) is 1.25. The molecule has 22 heavy (non-hydrogen) atoms. The Morgan fingerprint density at radius 3 is 2.59 bits per heavy atom. The maximum atomic E-state index is 5.36. The lowest BCUT2D eigenvalue weighted by Crippen LogP contribution is -2.38. The van der Waals surface area contributed by atoms with Crippen molar-refractivity contribution >= 4 is 5.96 Å². The van der Waals surface area contributed by atoms with Gasteiger partial charge >= 0.3 is 0 Å². The molecule has 4 heteroatoms. The zero-order valence-electron chi connectivity index (χ0n) is 13.9. The summed E-state index contributed by atoms with van der Waals surface area (Å²) in [6, 6.07) is 8.02. The molecule has 1 aromatic rings. The van der Waals surface area contributed by atoms with Crippen molar-refractivity contribution in [1.29, 1.82) is 0 Å². The zero-order chi connectivity index (χ0) is 16.2. The molecule has 0 unspecified atom stereocenters. The summed E-state index contributed by atoms with van der Waals surface area (Å²) in [5.74, 6) is 4.70. The van der Waals surface area contributed by atoms with Gasteiger partial charge < -0.3 is 15.4 Å². The molecular weight excluding hydrogens is 274 g/mol. The highest BCUT2D eigenvalue weighted by molar-refractivity contribution is 5.79. The van der Waals surface area contributed by atoms with Crippen LogP contribution in [-0.2, 0) is 6.42 Å². The predicted molar refractivity (Wildman–Crippen MR) is 93.3 cm³/mol. The maximum absolute atomic E-state index is 5.36. The molecule has 0 saturated heterocycles. The van der Waals surface area contributed by atoms with Gasteiger partial charge in [0.05, 0.1) is 0 Å². The summed E-state index contributed by atoms with van der Waals surface area (Å²) in [6.45, 7) is 9.24. The maximum Gasteiger partial charge on any atom is 0.191 e. The van der Waals surface area contributed by atoms with E-state index in [2.05, 4.69) is 54.5 Å². The Hall–Kier alpha value is -2.15. The van der Waals surface area contributed by atoms with E-state index in [9.17, 15) is 0 Å². The SMILES string of the molecule is C#CCOc1ccc(CCNC(=NCC(C)C)NCC)cc1. The molecule has 120 valence electrons. The van der Waals surface area contributed by atoms with Gasteiger partial charge in [-0.1, -0.05) is 31.9 Å². The Labute approximate surface area is 134 Å². The molecule has 0 saturated carbocycles. The van der Waals surface area contributed by atoms with Crippen molar-refractivity contribution in [2.45, 2.75) is 27.2 Å². The average Bonchev–Trinajstić information content (AvgIpc) is 2.51. The summed E-state index contributed by atoms with van der Waals surface area (Å²) >= 11 is 0. The summed E-state index contributed by atoms with van der Waals surface area (Å²) in [5, 5.41) is 6.61. The Bertz CT molecular complexity index is 486. The van der Waals surface area contributed by atoms with Crippen LogP contribution in [0.25, 0.3) is 0 Å². The number of benzene rings is 1. The van der Waals surface area contributed by atoms with E-state index in [4.69, 9.17) is 11.2 Å². The molecule has 0 amide bonds. The first-order valence-corrected chi connectivity index (χ1v) is 7.83. The Morgan fingerprint density at radius 1 is 1.27 bits per heavy atom. The van der Waals surface area contributed by atoms with Crippen LogP contribution in [0.3, 0.4) is 0 Å². The minimum Gasteiger partial charge on any atom is -0.481 e. The third-order valence-corrected chi connectivity index (χ3v) is 2.91. The predicted octanol–water partition coefficient (Wildman–Crippen LogP) is 2.45. The van der Waals surface area contributed by atoms with Gasteiger partial charge in [-0.3, -0.25) is 4.99 Å². The summed E-state index contributed by atoms with van der Waals surface area (Å²) in [7, 11) is 0. The second-order valence-corrected chi connectivity index (χ2v) is 5.43. The van der Waals surface area contributed by atoms with Crippen LogP contribution >= 0.6 is 0 Å². The molecule has 0 aliphatic heterocycles. The van der Waals surface area contributed by atoms with Gasteiger partial charge in [-0.2, -0.15) is 0 Å². The molecule has 1 aromatic carbocycles. The van der Waals surface area contributed by atoms with Gasteiger partial charge in [0.2, 0.25) is 0 Å². The van der Waals surface area contributed by atoms with Crippen molar-refractivity contribution in [3.63, 3.8) is 0 Å². The largest absolute Gasteiger partial charge is 0.481 e. The fraction of sp³-hybridized carbons (Fsp3) is 0.500. The Balaban J connectivity index is 2.41. The number of nitrogens with zero attached hydrogens (tertiary/aromatic N) is 1. The van der Waals surface area contributed by atoms with Crippen LogP contribution in [0.15, 0.2) is 29.3 Å². The fourth-order valence-electron chi connectivity index (χ4n) is 1.82. The number of ether oxygens (including phenoxy) is 1. The molecule has 0 spiro atoms. The first kappa shape index (κ1) is 17.9. The van der Waals surface area contributed by atoms with Gasteiger partial charge in [0.25, 0.3) is 0 Å². The second-order valence-electron chi connectivity index (χ2n) is 5.43. The van der Waals surface area contributed by atoms with Crippen LogP contribution in [0.4, 0.5) is 0 Å². The lowest BCUT2D eigenvalue weighted by atomic mass is 10.1. The van der Waals surface area contributed by atoms with Gasteiger partial charge in [-0.25, -0.2) is 0 Å². The van der Waals surface area contributed by atoms with Gasteiger partial charge in [-0.05, 0) is 37.0 Å². The number of nitrogens with one attached hydrogen (secondary N) is 2. The number of hydrogen-bond acceptors (Lipinski definition) is 2. The van der Waals surface area contributed by atoms with Crippen molar-refractivity contribution in [3.05, 3.63) is 29.8 Å². The zero-order valence-corrected chi connectivity index (χ0v) is 13.9. The molecule has 0 fully saturated rings. The number of terminal acetylenes is 1. The van der Waals surface area contributed by atoms with Crippen LogP contribution in [-0.4, -0.2) is 32.2 Å². The van der Waals surface area contributed by atoms with Gasteiger partial charge in [-0.15, -0.1) is 6.42 Å². The summed E-state index contributed by atoms with van der Waals surface area (Å²) in [6.07, 6.45) is 6.10. The van der Waals surface area contributed by atoms with Crippen molar-refractivity contribution < 1.29 is 4.74 Å². The van der Waals surface area contributed by atoms with E-state index < -0.39 is 0 Å². The Kier molecular flexibility index (Phi) is 8.59. The highest BCUT2D eigenvalue weighted by atomic mass is 16.5. The minimum atomic E-state index is 0.305. The topological polar surface area (TPSA) is 45.6 Å². The van der Waals surface area contributed by atoms with Crippen molar-refractivity contribution in [2.24, 2.45) is 10.9 Å². The molecule has 0 bridgehead atoms. The molecule has 0 atom stereocenters. The minimum absolute atomic E-state index is 0.305. The van der Waals surface area contributed by atoms with E-state index in [1.54, 1.807) is 0 Å². The number of rotatable bonds is 8. The van der Waals surface area contributed by atoms with Gasteiger partial charge in [0, 0.05) is 19.6 Å². The summed E-state index contributed by atoms with van der Waals surface area (Å²) < 4.78 is 5.36. The van der Waals surface area contributed by atoms with Crippen molar-refractivity contribution in [3.8, 4) is 18.1 Å². The smallest absolute Gasteiger partial charge is 0.191 e. The first-order chi connectivity index (χ1) is 10.7. The molecule has 0 radical (unpaired) electrons. The molecule has 0 heterocycles. The monoisotopic (exact) mass is 301 g/mol. The highest BCUT2D eigenvalue weighted by Crippen LogP contribution is 2.12. The highest BCUT2D eigenvalue weighted by Gasteiger charge is 1.99. The van der Waals surface area contributed by atoms with E-state index in [0.717, 1.165) is 37.8 Å². The third kappa shape index (κ3) is 7.58. The molecule has 2 N–H and O–H groups in total. The quantitative estimate of drug-likeness (QED) is 0.440. The van der Waals surface area contributed by atoms with E-state index in [-0.39, 0.29) is 0 Å². The van der Waals surface area contributed by atoms with Crippen LogP contribution in [0.5, 0.6) is 5.75 Å². The summed E-state index contributed by atoms with van der Waals surface area (Å²) in [4.78, 5) is 4.55.